The van der Waals surface area contributed by atoms with Gasteiger partial charge in [0.05, 0.1) is 11.1 Å². The van der Waals surface area contributed by atoms with Crippen LogP contribution in [0.15, 0.2) is 84.9 Å². The fourth-order valence-corrected chi connectivity index (χ4v) is 2.37. The van der Waals surface area contributed by atoms with Crippen LogP contribution in [-0.2, 0) is 0 Å². The predicted molar refractivity (Wildman–Crippen MR) is 118 cm³/mol. The first-order valence-corrected chi connectivity index (χ1v) is 9.40. The molecule has 0 amide bonds. The maximum Gasteiger partial charge on any atom is 0.336 e. The first-order valence-electron chi connectivity index (χ1n) is 9.40. The number of rotatable bonds is 4. The Labute approximate surface area is 176 Å². The van der Waals surface area contributed by atoms with Gasteiger partial charge < -0.3 is 21.7 Å². The highest BCUT2D eigenvalue weighted by molar-refractivity contribution is 6.01. The number of benzene rings is 3. The summed E-state index contributed by atoms with van der Waals surface area (Å²) in [7, 11) is 0. The van der Waals surface area contributed by atoms with Gasteiger partial charge in [-0.05, 0) is 37.1 Å². The third-order valence-corrected chi connectivity index (χ3v) is 4.04. The molecule has 3 rings (SSSR count). The standard InChI is InChI=1S/2C8H11N.C8H6O4/c2*1-7(9)8-5-3-2-4-6-8;9-7(10)5-3-1-2-4-6(5)8(11)12/h2*2-7H,9H2,1H3;1-4H,(H,9,10)(H,11,12)/t2*7-;/m10./s1. The van der Waals surface area contributed by atoms with Crippen molar-refractivity contribution in [2.75, 3.05) is 0 Å². The molecule has 0 saturated heterocycles. The van der Waals surface area contributed by atoms with Gasteiger partial charge in [0, 0.05) is 12.1 Å². The molecule has 0 aromatic heterocycles. The van der Waals surface area contributed by atoms with Gasteiger partial charge in [-0.1, -0.05) is 72.8 Å². The van der Waals surface area contributed by atoms with Crippen LogP contribution >= 0.6 is 0 Å². The lowest BCUT2D eigenvalue weighted by atomic mass is 10.1. The zero-order chi connectivity index (χ0) is 22.5. The van der Waals surface area contributed by atoms with Crippen LogP contribution in [0.25, 0.3) is 0 Å². The Hall–Kier alpha value is -3.48. The summed E-state index contributed by atoms with van der Waals surface area (Å²) >= 11 is 0. The minimum atomic E-state index is -1.23. The Bertz CT molecular complexity index is 834. The molecule has 0 spiro atoms. The molecule has 30 heavy (non-hydrogen) atoms. The van der Waals surface area contributed by atoms with Gasteiger partial charge in [0.25, 0.3) is 0 Å². The Morgan fingerprint density at radius 2 is 0.867 bits per heavy atom. The molecule has 0 bridgehead atoms. The number of hydrogen-bond donors (Lipinski definition) is 4. The van der Waals surface area contributed by atoms with E-state index in [-0.39, 0.29) is 23.2 Å². The van der Waals surface area contributed by atoms with Crippen molar-refractivity contribution in [3.05, 3.63) is 107 Å². The SMILES string of the molecule is C[C@@H](N)c1ccccc1.C[C@H](N)c1ccccc1.O=C(O)c1ccccc1C(=O)O. The smallest absolute Gasteiger partial charge is 0.336 e. The Morgan fingerprint density at radius 3 is 1.07 bits per heavy atom. The van der Waals surface area contributed by atoms with Gasteiger partial charge in [-0.2, -0.15) is 0 Å². The average Bonchev–Trinajstić information content (AvgIpc) is 2.75. The van der Waals surface area contributed by atoms with E-state index in [2.05, 4.69) is 0 Å². The van der Waals surface area contributed by atoms with E-state index >= 15 is 0 Å². The quantitative estimate of drug-likeness (QED) is 0.503. The lowest BCUT2D eigenvalue weighted by Crippen LogP contribution is -2.06. The third-order valence-electron chi connectivity index (χ3n) is 4.04. The van der Waals surface area contributed by atoms with Crippen LogP contribution in [-0.4, -0.2) is 22.2 Å². The van der Waals surface area contributed by atoms with E-state index in [4.69, 9.17) is 21.7 Å². The third kappa shape index (κ3) is 8.68. The number of carboxylic acids is 2. The van der Waals surface area contributed by atoms with Gasteiger partial charge in [0.15, 0.2) is 0 Å². The van der Waals surface area contributed by atoms with Crippen molar-refractivity contribution in [3.63, 3.8) is 0 Å². The zero-order valence-corrected chi connectivity index (χ0v) is 17.1. The fraction of sp³-hybridized carbons (Fsp3) is 0.167. The highest BCUT2D eigenvalue weighted by Crippen LogP contribution is 2.08. The van der Waals surface area contributed by atoms with Gasteiger partial charge >= 0.3 is 11.9 Å². The molecule has 0 saturated carbocycles. The highest BCUT2D eigenvalue weighted by Gasteiger charge is 2.13. The molecule has 3 aromatic rings. The molecule has 3 aromatic carbocycles. The van der Waals surface area contributed by atoms with Crippen molar-refractivity contribution in [1.29, 1.82) is 0 Å². The molecule has 0 radical (unpaired) electrons. The van der Waals surface area contributed by atoms with Crippen LogP contribution in [0.5, 0.6) is 0 Å². The van der Waals surface area contributed by atoms with Crippen molar-refractivity contribution in [2.45, 2.75) is 25.9 Å². The first-order chi connectivity index (χ1) is 14.2. The monoisotopic (exact) mass is 408 g/mol. The molecule has 0 fully saturated rings. The maximum absolute atomic E-state index is 10.5. The predicted octanol–water partition coefficient (Wildman–Crippen LogP) is 4.50. The first kappa shape index (κ1) is 24.6. The summed E-state index contributed by atoms with van der Waals surface area (Å²) in [5.41, 5.74) is 13.2. The zero-order valence-electron chi connectivity index (χ0n) is 17.1. The molecular formula is C24H28N2O4. The van der Waals surface area contributed by atoms with Gasteiger partial charge in [0.1, 0.15) is 0 Å². The molecule has 0 aliphatic rings. The van der Waals surface area contributed by atoms with Crippen LogP contribution in [0.1, 0.15) is 57.8 Å². The second-order valence-electron chi connectivity index (χ2n) is 6.55. The molecule has 0 heterocycles. The number of carboxylic acid groups (broad SMARTS) is 2. The van der Waals surface area contributed by atoms with Crippen molar-refractivity contribution < 1.29 is 19.8 Å². The summed E-state index contributed by atoms with van der Waals surface area (Å²) in [5.74, 6) is -2.46. The number of nitrogens with two attached hydrogens (primary N) is 2. The van der Waals surface area contributed by atoms with Gasteiger partial charge in [0.2, 0.25) is 0 Å². The lowest BCUT2D eigenvalue weighted by molar-refractivity contribution is 0.0651. The number of carbonyl (C=O) groups is 2. The number of hydrogen-bond acceptors (Lipinski definition) is 4. The fourth-order valence-electron chi connectivity index (χ4n) is 2.37. The van der Waals surface area contributed by atoms with Crippen molar-refractivity contribution in [2.24, 2.45) is 11.5 Å². The van der Waals surface area contributed by atoms with E-state index in [9.17, 15) is 9.59 Å². The summed E-state index contributed by atoms with van der Waals surface area (Å²) in [4.78, 5) is 20.9. The van der Waals surface area contributed by atoms with Crippen LogP contribution in [0.2, 0.25) is 0 Å². The van der Waals surface area contributed by atoms with E-state index in [0.717, 1.165) is 0 Å². The Balaban J connectivity index is 0.000000229. The highest BCUT2D eigenvalue weighted by atomic mass is 16.4. The average molecular weight is 408 g/mol. The lowest BCUT2D eigenvalue weighted by Gasteiger charge is -2.02. The second-order valence-corrected chi connectivity index (χ2v) is 6.55. The molecular weight excluding hydrogens is 380 g/mol. The molecule has 2 atom stereocenters. The molecule has 0 aliphatic carbocycles. The topological polar surface area (TPSA) is 127 Å². The summed E-state index contributed by atoms with van der Waals surface area (Å²) < 4.78 is 0. The summed E-state index contributed by atoms with van der Waals surface area (Å²) in [6, 6.07) is 25.9. The van der Waals surface area contributed by atoms with Gasteiger partial charge in [-0.15, -0.1) is 0 Å². The van der Waals surface area contributed by atoms with Crippen LogP contribution in [0, 0.1) is 0 Å². The molecule has 6 heteroatoms. The van der Waals surface area contributed by atoms with E-state index < -0.39 is 11.9 Å². The molecule has 6 nitrogen and oxygen atoms in total. The summed E-state index contributed by atoms with van der Waals surface area (Å²) in [6.07, 6.45) is 0. The van der Waals surface area contributed by atoms with Crippen LogP contribution < -0.4 is 11.5 Å². The van der Waals surface area contributed by atoms with Crippen molar-refractivity contribution >= 4 is 11.9 Å². The van der Waals surface area contributed by atoms with E-state index in [1.807, 2.05) is 74.5 Å². The van der Waals surface area contributed by atoms with Crippen molar-refractivity contribution in [1.82, 2.24) is 0 Å². The van der Waals surface area contributed by atoms with E-state index in [1.54, 1.807) is 0 Å². The normalized spacial score (nSPS) is 11.6. The van der Waals surface area contributed by atoms with E-state index in [1.165, 1.54) is 35.4 Å². The van der Waals surface area contributed by atoms with E-state index in [0.29, 0.717) is 0 Å². The Morgan fingerprint density at radius 1 is 0.600 bits per heavy atom. The van der Waals surface area contributed by atoms with Crippen LogP contribution in [0.4, 0.5) is 0 Å². The Kier molecular flexibility index (Phi) is 10.5. The van der Waals surface area contributed by atoms with Crippen molar-refractivity contribution in [3.8, 4) is 0 Å². The minimum absolute atomic E-state index is 0.159. The summed E-state index contributed by atoms with van der Waals surface area (Å²) in [5, 5.41) is 17.1. The van der Waals surface area contributed by atoms with Gasteiger partial charge in [-0.3, -0.25) is 0 Å². The van der Waals surface area contributed by atoms with Crippen LogP contribution in [0.3, 0.4) is 0 Å². The number of aromatic carboxylic acids is 2. The molecule has 6 N–H and O–H groups in total. The maximum atomic E-state index is 10.5. The second kappa shape index (κ2) is 12.9. The minimum Gasteiger partial charge on any atom is -0.478 e. The largest absolute Gasteiger partial charge is 0.478 e. The molecule has 0 aliphatic heterocycles. The molecule has 158 valence electrons. The van der Waals surface area contributed by atoms with Gasteiger partial charge in [-0.25, -0.2) is 9.59 Å². The summed E-state index contributed by atoms with van der Waals surface area (Å²) in [6.45, 7) is 3.96. The molecule has 0 unspecified atom stereocenters.